The maximum atomic E-state index is 11.9. The van der Waals surface area contributed by atoms with E-state index >= 15 is 0 Å². The molecule has 0 fully saturated rings. The number of rotatable bonds is 4. The van der Waals surface area contributed by atoms with Crippen LogP contribution in [0.5, 0.6) is 5.88 Å². The lowest BCUT2D eigenvalue weighted by Gasteiger charge is -2.43. The van der Waals surface area contributed by atoms with Crippen LogP contribution in [0.25, 0.3) is 22.8 Å². The number of carbonyl (C=O) groups is 1. The molecule has 35 heavy (non-hydrogen) atoms. The largest absolute Gasteiger partial charge is 0.474 e. The highest BCUT2D eigenvalue weighted by molar-refractivity contribution is 5.70. The van der Waals surface area contributed by atoms with Crippen LogP contribution in [0, 0.1) is 23.7 Å². The van der Waals surface area contributed by atoms with E-state index in [1.807, 2.05) is 32.9 Å². The van der Waals surface area contributed by atoms with Crippen molar-refractivity contribution in [2.24, 2.45) is 5.41 Å². The van der Waals surface area contributed by atoms with E-state index in [0.29, 0.717) is 24.4 Å². The maximum absolute atomic E-state index is 11.9. The van der Waals surface area contributed by atoms with E-state index in [4.69, 9.17) is 9.26 Å². The molecule has 0 spiro atoms. The maximum Gasteiger partial charge on any atom is 0.407 e. The monoisotopic (exact) mass is 475 g/mol. The van der Waals surface area contributed by atoms with Crippen LogP contribution < -0.4 is 4.74 Å². The molecule has 1 N–H and O–H groups in total. The predicted octanol–water partition coefficient (Wildman–Crippen LogP) is 5.39. The molecule has 0 aliphatic carbocycles. The Labute approximate surface area is 204 Å². The summed E-state index contributed by atoms with van der Waals surface area (Å²) in [6.45, 7) is 12.3. The van der Waals surface area contributed by atoms with Gasteiger partial charge in [0.1, 0.15) is 11.6 Å². The van der Waals surface area contributed by atoms with Gasteiger partial charge in [-0.1, -0.05) is 38.1 Å². The lowest BCUT2D eigenvalue weighted by Crippen LogP contribution is -2.44. The highest BCUT2D eigenvalue weighted by Crippen LogP contribution is 2.44. The summed E-state index contributed by atoms with van der Waals surface area (Å²) in [5.74, 6) is 0.941. The van der Waals surface area contributed by atoms with E-state index in [1.54, 1.807) is 12.3 Å². The molecule has 1 aliphatic rings. The normalized spacial score (nSPS) is 15.6. The summed E-state index contributed by atoms with van der Waals surface area (Å²) in [6.07, 6.45) is 1.15. The third kappa shape index (κ3) is 4.56. The second-order valence-corrected chi connectivity index (χ2v) is 10.1. The van der Waals surface area contributed by atoms with Gasteiger partial charge in [0.05, 0.1) is 17.7 Å². The van der Waals surface area contributed by atoms with E-state index in [2.05, 4.69) is 42.0 Å². The van der Waals surface area contributed by atoms with Gasteiger partial charge in [0.2, 0.25) is 11.7 Å². The van der Waals surface area contributed by atoms with Gasteiger partial charge >= 0.3 is 6.09 Å². The van der Waals surface area contributed by atoms with Gasteiger partial charge in [0, 0.05) is 18.3 Å². The van der Waals surface area contributed by atoms with Crippen molar-refractivity contribution in [2.75, 3.05) is 6.54 Å². The molecule has 2 aromatic heterocycles. The average Bonchev–Trinajstić information content (AvgIpc) is 3.27. The summed E-state index contributed by atoms with van der Waals surface area (Å²) in [4.78, 5) is 22.3. The summed E-state index contributed by atoms with van der Waals surface area (Å²) in [6, 6.07) is 7.37. The minimum Gasteiger partial charge on any atom is -0.474 e. The standard InChI is InChI=1S/C26H29N5O4/c1-14(2)34-23-16(12-27)11-17(13-28-23)24-29-22(30-35-24)19-7-8-20-18(15(19)3)9-10-31(25(32)33)21(20)26(4,5)6/h7-8,11,13-14,21H,9-10H2,1-6H3,(H,32,33). The summed E-state index contributed by atoms with van der Waals surface area (Å²) in [7, 11) is 0. The minimum atomic E-state index is -0.907. The van der Waals surface area contributed by atoms with Gasteiger partial charge in [-0.3, -0.25) is 0 Å². The Morgan fingerprint density at radius 1 is 1.34 bits per heavy atom. The number of benzene rings is 1. The van der Waals surface area contributed by atoms with Gasteiger partial charge in [-0.15, -0.1) is 0 Å². The molecular formula is C26H29N5O4. The predicted molar refractivity (Wildman–Crippen MR) is 129 cm³/mol. The molecule has 3 aromatic rings. The van der Waals surface area contributed by atoms with E-state index in [1.165, 1.54) is 4.90 Å². The highest BCUT2D eigenvalue weighted by Gasteiger charge is 2.39. The molecule has 4 rings (SSSR count). The number of nitrogens with zero attached hydrogens (tertiary/aromatic N) is 5. The van der Waals surface area contributed by atoms with Crippen molar-refractivity contribution in [3.63, 3.8) is 0 Å². The third-order valence-corrected chi connectivity index (χ3v) is 6.14. The Morgan fingerprint density at radius 2 is 2.09 bits per heavy atom. The minimum absolute atomic E-state index is 0.108. The fraction of sp³-hybridized carbons (Fsp3) is 0.423. The van der Waals surface area contributed by atoms with Crippen LogP contribution in [0.15, 0.2) is 28.9 Å². The number of aromatic nitrogens is 3. The van der Waals surface area contributed by atoms with Crippen molar-refractivity contribution in [1.29, 1.82) is 5.26 Å². The van der Waals surface area contributed by atoms with Crippen LogP contribution in [-0.2, 0) is 6.42 Å². The average molecular weight is 476 g/mol. The van der Waals surface area contributed by atoms with Crippen molar-refractivity contribution >= 4 is 6.09 Å². The lowest BCUT2D eigenvalue weighted by atomic mass is 9.75. The third-order valence-electron chi connectivity index (χ3n) is 6.14. The molecule has 0 saturated heterocycles. The van der Waals surface area contributed by atoms with Crippen molar-refractivity contribution < 1.29 is 19.2 Å². The zero-order valence-electron chi connectivity index (χ0n) is 20.8. The van der Waals surface area contributed by atoms with Crippen LogP contribution in [0.1, 0.15) is 62.9 Å². The molecule has 9 heteroatoms. The smallest absolute Gasteiger partial charge is 0.407 e. The van der Waals surface area contributed by atoms with Crippen LogP contribution >= 0.6 is 0 Å². The molecule has 1 amide bonds. The lowest BCUT2D eigenvalue weighted by molar-refractivity contribution is 0.0758. The van der Waals surface area contributed by atoms with Gasteiger partial charge in [-0.05, 0) is 55.4 Å². The number of pyridine rings is 1. The molecule has 9 nitrogen and oxygen atoms in total. The number of hydrogen-bond acceptors (Lipinski definition) is 7. The quantitative estimate of drug-likeness (QED) is 0.532. The van der Waals surface area contributed by atoms with Crippen molar-refractivity contribution in [2.45, 2.75) is 60.1 Å². The number of amides is 1. The van der Waals surface area contributed by atoms with Crippen LogP contribution in [-0.4, -0.2) is 43.9 Å². The molecule has 0 bridgehead atoms. The molecule has 1 aromatic carbocycles. The SMILES string of the molecule is Cc1c(-c2noc(-c3cnc(OC(C)C)c(C#N)c3)n2)ccc2c1CCN(C(=O)O)C2C(C)(C)C. The van der Waals surface area contributed by atoms with Crippen molar-refractivity contribution in [3.8, 4) is 34.8 Å². The molecular weight excluding hydrogens is 446 g/mol. The topological polar surface area (TPSA) is 125 Å². The fourth-order valence-corrected chi connectivity index (χ4v) is 4.69. The summed E-state index contributed by atoms with van der Waals surface area (Å²) >= 11 is 0. The highest BCUT2D eigenvalue weighted by atomic mass is 16.5. The first-order chi connectivity index (χ1) is 16.5. The fourth-order valence-electron chi connectivity index (χ4n) is 4.69. The Kier molecular flexibility index (Phi) is 6.24. The second-order valence-electron chi connectivity index (χ2n) is 10.1. The first-order valence-corrected chi connectivity index (χ1v) is 11.5. The van der Waals surface area contributed by atoms with Gasteiger partial charge in [-0.2, -0.15) is 10.2 Å². The van der Waals surface area contributed by atoms with Gasteiger partial charge in [-0.25, -0.2) is 9.78 Å². The zero-order chi connectivity index (χ0) is 25.5. The molecule has 1 unspecified atom stereocenters. The molecule has 182 valence electrons. The molecule has 0 saturated carbocycles. The first kappa shape index (κ1) is 24.2. The molecule has 1 atom stereocenters. The number of nitriles is 1. The zero-order valence-corrected chi connectivity index (χ0v) is 20.8. The van der Waals surface area contributed by atoms with Crippen LogP contribution in [0.2, 0.25) is 0 Å². The van der Waals surface area contributed by atoms with Crippen molar-refractivity contribution in [1.82, 2.24) is 20.0 Å². The van der Waals surface area contributed by atoms with Gasteiger partial charge in [0.15, 0.2) is 0 Å². The van der Waals surface area contributed by atoms with Gasteiger partial charge < -0.3 is 19.3 Å². The number of fused-ring (bicyclic) bond motifs is 1. The number of ether oxygens (including phenoxy) is 1. The molecule has 1 aliphatic heterocycles. The van der Waals surface area contributed by atoms with Crippen LogP contribution in [0.3, 0.4) is 0 Å². The Bertz CT molecular complexity index is 1320. The first-order valence-electron chi connectivity index (χ1n) is 11.5. The number of hydrogen-bond donors (Lipinski definition) is 1. The summed E-state index contributed by atoms with van der Waals surface area (Å²) < 4.78 is 11.1. The Morgan fingerprint density at radius 3 is 2.71 bits per heavy atom. The molecule has 0 radical (unpaired) electrons. The van der Waals surface area contributed by atoms with E-state index in [0.717, 1.165) is 22.3 Å². The van der Waals surface area contributed by atoms with Crippen LogP contribution in [0.4, 0.5) is 4.79 Å². The van der Waals surface area contributed by atoms with Crippen molar-refractivity contribution in [3.05, 3.63) is 46.6 Å². The van der Waals surface area contributed by atoms with E-state index < -0.39 is 6.09 Å². The van der Waals surface area contributed by atoms with E-state index in [-0.39, 0.29) is 34.9 Å². The number of carboxylic acid groups (broad SMARTS) is 1. The Balaban J connectivity index is 1.71. The Hall–Kier alpha value is -3.93. The van der Waals surface area contributed by atoms with E-state index in [9.17, 15) is 15.2 Å². The molecule has 3 heterocycles. The second kappa shape index (κ2) is 9.02. The summed E-state index contributed by atoms with van der Waals surface area (Å²) in [5, 5.41) is 23.4. The summed E-state index contributed by atoms with van der Waals surface area (Å²) in [5.41, 5.74) is 4.51. The van der Waals surface area contributed by atoms with Gasteiger partial charge in [0.25, 0.3) is 5.89 Å².